The number of amides is 1. The van der Waals surface area contributed by atoms with Gasteiger partial charge in [-0.05, 0) is 55.4 Å². The van der Waals surface area contributed by atoms with Crippen LogP contribution < -0.4 is 5.73 Å². The monoisotopic (exact) mass is 294 g/mol. The first-order valence-electron chi connectivity index (χ1n) is 7.26. The largest absolute Gasteiger partial charge is 0.399 e. The number of carbonyl (C=O) groups excluding carboxylic acids is 1. The Bertz CT molecular complexity index is 481. The summed E-state index contributed by atoms with van der Waals surface area (Å²) in [6.45, 7) is 2.78. The van der Waals surface area contributed by atoms with Gasteiger partial charge in [0.05, 0.1) is 0 Å². The van der Waals surface area contributed by atoms with Crippen LogP contribution >= 0.6 is 11.6 Å². The van der Waals surface area contributed by atoms with Gasteiger partial charge in [0.2, 0.25) is 5.91 Å². The third-order valence-corrected chi connectivity index (χ3v) is 4.59. The highest BCUT2D eigenvalue weighted by Gasteiger charge is 2.26. The Hall–Kier alpha value is -1.22. The van der Waals surface area contributed by atoms with Crippen LogP contribution in [-0.4, -0.2) is 17.9 Å². The lowest BCUT2D eigenvalue weighted by Gasteiger charge is -2.29. The number of halogens is 1. The molecule has 1 fully saturated rings. The molecule has 1 saturated carbocycles. The van der Waals surface area contributed by atoms with Gasteiger partial charge in [-0.3, -0.25) is 4.79 Å². The summed E-state index contributed by atoms with van der Waals surface area (Å²) in [5.41, 5.74) is 7.36. The van der Waals surface area contributed by atoms with Crippen molar-refractivity contribution in [1.82, 2.24) is 4.90 Å². The summed E-state index contributed by atoms with van der Waals surface area (Å²) < 4.78 is 0. The van der Waals surface area contributed by atoms with Gasteiger partial charge in [-0.15, -0.1) is 0 Å². The number of anilines is 1. The molecule has 1 aromatic rings. The van der Waals surface area contributed by atoms with E-state index >= 15 is 0 Å². The van der Waals surface area contributed by atoms with Crippen molar-refractivity contribution in [3.8, 4) is 0 Å². The molecule has 0 aromatic heterocycles. The molecule has 0 heterocycles. The summed E-state index contributed by atoms with van der Waals surface area (Å²) in [7, 11) is 1.85. The number of nitrogens with zero attached hydrogens (tertiary/aromatic N) is 1. The summed E-state index contributed by atoms with van der Waals surface area (Å²) >= 11 is 6.16. The second-order valence-electron chi connectivity index (χ2n) is 6.00. The van der Waals surface area contributed by atoms with Crippen molar-refractivity contribution in [2.45, 2.75) is 39.2 Å². The molecule has 0 radical (unpaired) electrons. The van der Waals surface area contributed by atoms with Gasteiger partial charge in [0, 0.05) is 30.2 Å². The van der Waals surface area contributed by atoms with Crippen LogP contribution in [0.15, 0.2) is 18.2 Å². The summed E-state index contributed by atoms with van der Waals surface area (Å²) in [4.78, 5) is 14.2. The highest BCUT2D eigenvalue weighted by atomic mass is 35.5. The van der Waals surface area contributed by atoms with Crippen LogP contribution in [0.4, 0.5) is 5.69 Å². The molecular formula is C16H23ClN2O. The lowest BCUT2D eigenvalue weighted by atomic mass is 9.82. The molecule has 0 spiro atoms. The van der Waals surface area contributed by atoms with E-state index < -0.39 is 0 Å². The third-order valence-electron chi connectivity index (χ3n) is 4.22. The molecule has 1 aliphatic rings. The second kappa shape index (κ2) is 6.49. The number of rotatable bonds is 3. The maximum absolute atomic E-state index is 12.5. The normalized spacial score (nSPS) is 22.6. The van der Waals surface area contributed by atoms with E-state index in [1.165, 1.54) is 0 Å². The maximum atomic E-state index is 12.5. The Labute approximate surface area is 126 Å². The molecule has 0 bridgehead atoms. The van der Waals surface area contributed by atoms with Crippen LogP contribution in [0.25, 0.3) is 0 Å². The average Bonchev–Trinajstić information content (AvgIpc) is 2.43. The van der Waals surface area contributed by atoms with Gasteiger partial charge in [0.1, 0.15) is 0 Å². The molecule has 0 saturated heterocycles. The molecule has 3 nitrogen and oxygen atoms in total. The summed E-state index contributed by atoms with van der Waals surface area (Å²) in [5, 5.41) is 0.663. The minimum absolute atomic E-state index is 0.177. The Morgan fingerprint density at radius 1 is 1.35 bits per heavy atom. The lowest BCUT2D eigenvalue weighted by molar-refractivity contribution is -0.136. The molecule has 2 rings (SSSR count). The van der Waals surface area contributed by atoms with E-state index in [0.717, 1.165) is 37.2 Å². The Kier molecular flexibility index (Phi) is 4.92. The predicted molar refractivity (Wildman–Crippen MR) is 83.5 cm³/mol. The summed E-state index contributed by atoms with van der Waals surface area (Å²) in [6.07, 6.45) is 4.33. The molecule has 1 aromatic carbocycles. The molecule has 0 atom stereocenters. The second-order valence-corrected chi connectivity index (χ2v) is 6.41. The van der Waals surface area contributed by atoms with Crippen molar-refractivity contribution in [3.63, 3.8) is 0 Å². The Morgan fingerprint density at radius 2 is 2.00 bits per heavy atom. The van der Waals surface area contributed by atoms with E-state index in [9.17, 15) is 4.79 Å². The van der Waals surface area contributed by atoms with Gasteiger partial charge < -0.3 is 10.6 Å². The highest BCUT2D eigenvalue weighted by Crippen LogP contribution is 2.30. The van der Waals surface area contributed by atoms with Crippen molar-refractivity contribution in [3.05, 3.63) is 28.8 Å². The van der Waals surface area contributed by atoms with Gasteiger partial charge >= 0.3 is 0 Å². The van der Waals surface area contributed by atoms with E-state index in [2.05, 4.69) is 6.92 Å². The number of nitrogen functional groups attached to an aromatic ring is 1. The maximum Gasteiger partial charge on any atom is 0.225 e. The fraction of sp³-hybridized carbons (Fsp3) is 0.562. The zero-order valence-electron chi connectivity index (χ0n) is 12.2. The summed E-state index contributed by atoms with van der Waals surface area (Å²) in [5.74, 6) is 1.17. The van der Waals surface area contributed by atoms with E-state index in [1.54, 1.807) is 17.0 Å². The molecule has 0 aliphatic heterocycles. The van der Waals surface area contributed by atoms with Gasteiger partial charge in [0.15, 0.2) is 0 Å². The minimum atomic E-state index is 0.177. The number of carbonyl (C=O) groups is 1. The van der Waals surface area contributed by atoms with Gasteiger partial charge in [0.25, 0.3) is 0 Å². The first kappa shape index (κ1) is 15.2. The smallest absolute Gasteiger partial charge is 0.225 e. The number of hydrogen-bond acceptors (Lipinski definition) is 2. The number of nitrogens with two attached hydrogens (primary N) is 1. The Morgan fingerprint density at radius 3 is 2.65 bits per heavy atom. The van der Waals surface area contributed by atoms with Crippen molar-refractivity contribution in [1.29, 1.82) is 0 Å². The van der Waals surface area contributed by atoms with Crippen molar-refractivity contribution >= 4 is 23.2 Å². The molecular weight excluding hydrogens is 272 g/mol. The zero-order chi connectivity index (χ0) is 14.7. The van der Waals surface area contributed by atoms with E-state index in [1.807, 2.05) is 13.1 Å². The van der Waals surface area contributed by atoms with Crippen LogP contribution in [-0.2, 0) is 11.3 Å². The van der Waals surface area contributed by atoms with E-state index in [-0.39, 0.29) is 11.8 Å². The van der Waals surface area contributed by atoms with Crippen LogP contribution in [0.5, 0.6) is 0 Å². The van der Waals surface area contributed by atoms with Crippen LogP contribution in [0.2, 0.25) is 5.02 Å². The molecule has 1 amide bonds. The first-order chi connectivity index (χ1) is 9.47. The van der Waals surface area contributed by atoms with Crippen LogP contribution in [0.1, 0.15) is 38.2 Å². The SMILES string of the molecule is CC1CCC(C(=O)N(C)Cc2cc(N)ccc2Cl)CC1. The van der Waals surface area contributed by atoms with Gasteiger partial charge in [-0.2, -0.15) is 0 Å². The van der Waals surface area contributed by atoms with Gasteiger partial charge in [-0.25, -0.2) is 0 Å². The van der Waals surface area contributed by atoms with E-state index in [0.29, 0.717) is 17.3 Å². The first-order valence-corrected chi connectivity index (χ1v) is 7.64. The molecule has 20 heavy (non-hydrogen) atoms. The third kappa shape index (κ3) is 3.66. The predicted octanol–water partition coefficient (Wildman–Crippen LogP) is 3.71. The van der Waals surface area contributed by atoms with Crippen molar-refractivity contribution in [2.24, 2.45) is 11.8 Å². The number of hydrogen-bond donors (Lipinski definition) is 1. The summed E-state index contributed by atoms with van der Waals surface area (Å²) in [6, 6.07) is 5.40. The standard InChI is InChI=1S/C16H23ClN2O/c1-11-3-5-12(6-4-11)16(20)19(2)10-13-9-14(18)7-8-15(13)17/h7-9,11-12H,3-6,10,18H2,1-2H3. The average molecular weight is 295 g/mol. The number of benzene rings is 1. The van der Waals surface area contributed by atoms with Gasteiger partial charge in [-0.1, -0.05) is 18.5 Å². The molecule has 0 unspecified atom stereocenters. The van der Waals surface area contributed by atoms with Crippen LogP contribution in [0.3, 0.4) is 0 Å². The molecule has 110 valence electrons. The van der Waals surface area contributed by atoms with E-state index in [4.69, 9.17) is 17.3 Å². The molecule has 2 N–H and O–H groups in total. The van der Waals surface area contributed by atoms with Crippen molar-refractivity contribution in [2.75, 3.05) is 12.8 Å². The van der Waals surface area contributed by atoms with Crippen LogP contribution in [0, 0.1) is 11.8 Å². The zero-order valence-corrected chi connectivity index (χ0v) is 13.0. The topological polar surface area (TPSA) is 46.3 Å². The fourth-order valence-electron chi connectivity index (χ4n) is 2.87. The molecule has 4 heteroatoms. The highest BCUT2D eigenvalue weighted by molar-refractivity contribution is 6.31. The quantitative estimate of drug-likeness (QED) is 0.864. The van der Waals surface area contributed by atoms with Crippen molar-refractivity contribution < 1.29 is 4.79 Å². The molecule has 1 aliphatic carbocycles. The fourth-order valence-corrected chi connectivity index (χ4v) is 3.05. The Balaban J connectivity index is 1.98. The lowest BCUT2D eigenvalue weighted by Crippen LogP contribution is -2.34. The minimum Gasteiger partial charge on any atom is -0.399 e.